The molecule has 1 heterocycles. The van der Waals surface area contributed by atoms with Crippen LogP contribution in [0.5, 0.6) is 5.75 Å². The number of nitrogens with one attached hydrogen (secondary N) is 1. The molecule has 1 aromatic rings. The molecule has 1 aliphatic rings. The van der Waals surface area contributed by atoms with E-state index in [0.29, 0.717) is 12.0 Å². The second-order valence-corrected chi connectivity index (χ2v) is 5.39. The Hall–Kier alpha value is -1.06. The molecule has 1 N–H and O–H groups in total. The first-order valence-electron chi connectivity index (χ1n) is 7.07. The van der Waals surface area contributed by atoms with E-state index in [1.54, 1.807) is 7.11 Å². The summed E-state index contributed by atoms with van der Waals surface area (Å²) in [5.41, 5.74) is 3.90. The molecule has 19 heavy (non-hydrogen) atoms. The fraction of sp³-hybridized carbons (Fsp3) is 0.625. The van der Waals surface area contributed by atoms with Crippen LogP contribution in [0.25, 0.3) is 0 Å². The largest absolute Gasteiger partial charge is 0.496 e. The van der Waals surface area contributed by atoms with Gasteiger partial charge in [0.25, 0.3) is 0 Å². The van der Waals surface area contributed by atoms with Crippen LogP contribution >= 0.6 is 0 Å². The van der Waals surface area contributed by atoms with Gasteiger partial charge >= 0.3 is 0 Å². The summed E-state index contributed by atoms with van der Waals surface area (Å²) in [5, 5.41) is 3.50. The van der Waals surface area contributed by atoms with Crippen LogP contribution in [-0.2, 0) is 4.74 Å². The Morgan fingerprint density at radius 2 is 1.89 bits per heavy atom. The summed E-state index contributed by atoms with van der Waals surface area (Å²) in [6, 6.07) is 4.83. The molecule has 1 fully saturated rings. The van der Waals surface area contributed by atoms with Crippen molar-refractivity contribution in [1.29, 1.82) is 0 Å². The quantitative estimate of drug-likeness (QED) is 0.906. The molecule has 3 heteroatoms. The van der Waals surface area contributed by atoms with E-state index in [4.69, 9.17) is 9.47 Å². The van der Waals surface area contributed by atoms with Crippen molar-refractivity contribution in [3.63, 3.8) is 0 Å². The van der Waals surface area contributed by atoms with Crippen molar-refractivity contribution in [2.75, 3.05) is 27.4 Å². The van der Waals surface area contributed by atoms with Crippen molar-refractivity contribution in [2.24, 2.45) is 5.92 Å². The average molecular weight is 263 g/mol. The Bertz CT molecular complexity index is 425. The summed E-state index contributed by atoms with van der Waals surface area (Å²) in [6.07, 6.45) is 2.27. The molecule has 2 rings (SSSR count). The average Bonchev–Trinajstić information content (AvgIpc) is 2.44. The molecule has 0 saturated carbocycles. The zero-order valence-electron chi connectivity index (χ0n) is 12.5. The second kappa shape index (κ2) is 6.40. The molecule has 1 aromatic carbocycles. The van der Waals surface area contributed by atoms with Gasteiger partial charge in [0.15, 0.2) is 0 Å². The van der Waals surface area contributed by atoms with Gasteiger partial charge in [0, 0.05) is 19.3 Å². The van der Waals surface area contributed by atoms with Gasteiger partial charge in [0.2, 0.25) is 0 Å². The molecule has 1 saturated heterocycles. The Kier molecular flexibility index (Phi) is 4.83. The predicted octanol–water partition coefficient (Wildman–Crippen LogP) is 3.00. The van der Waals surface area contributed by atoms with Crippen LogP contribution in [0.1, 0.15) is 35.6 Å². The molecule has 1 aliphatic heterocycles. The van der Waals surface area contributed by atoms with Crippen molar-refractivity contribution in [3.8, 4) is 5.75 Å². The minimum Gasteiger partial charge on any atom is -0.496 e. The lowest BCUT2D eigenvalue weighted by atomic mass is 9.84. The number of benzene rings is 1. The summed E-state index contributed by atoms with van der Waals surface area (Å²) in [4.78, 5) is 0. The zero-order chi connectivity index (χ0) is 13.8. The molecule has 0 radical (unpaired) electrons. The fourth-order valence-corrected chi connectivity index (χ4v) is 3.06. The van der Waals surface area contributed by atoms with E-state index in [9.17, 15) is 0 Å². The smallest absolute Gasteiger partial charge is 0.122 e. The lowest BCUT2D eigenvalue weighted by molar-refractivity contribution is 0.0545. The highest BCUT2D eigenvalue weighted by molar-refractivity contribution is 5.43. The molecule has 0 aromatic heterocycles. The van der Waals surface area contributed by atoms with Crippen molar-refractivity contribution >= 4 is 0 Å². The van der Waals surface area contributed by atoms with E-state index in [-0.39, 0.29) is 0 Å². The maximum Gasteiger partial charge on any atom is 0.122 e. The number of hydrogen-bond donors (Lipinski definition) is 1. The van der Waals surface area contributed by atoms with Crippen LogP contribution in [0, 0.1) is 19.8 Å². The minimum absolute atomic E-state index is 0.411. The highest BCUT2D eigenvalue weighted by Gasteiger charge is 2.25. The molecule has 0 spiro atoms. The van der Waals surface area contributed by atoms with Gasteiger partial charge in [-0.2, -0.15) is 0 Å². The second-order valence-electron chi connectivity index (χ2n) is 5.39. The lowest BCUT2D eigenvalue weighted by Crippen LogP contribution is -2.30. The van der Waals surface area contributed by atoms with Gasteiger partial charge in [-0.1, -0.05) is 6.07 Å². The molecule has 3 nitrogen and oxygen atoms in total. The van der Waals surface area contributed by atoms with Gasteiger partial charge < -0.3 is 14.8 Å². The van der Waals surface area contributed by atoms with E-state index in [1.165, 1.54) is 16.7 Å². The van der Waals surface area contributed by atoms with Gasteiger partial charge in [-0.3, -0.25) is 0 Å². The normalized spacial score (nSPS) is 18.3. The molecular weight excluding hydrogens is 238 g/mol. The van der Waals surface area contributed by atoms with Crippen LogP contribution in [0.4, 0.5) is 0 Å². The van der Waals surface area contributed by atoms with Crippen molar-refractivity contribution in [1.82, 2.24) is 5.32 Å². The molecule has 0 amide bonds. The first kappa shape index (κ1) is 14.4. The third-order valence-corrected chi connectivity index (χ3v) is 4.17. The Morgan fingerprint density at radius 1 is 1.21 bits per heavy atom. The number of methoxy groups -OCH3 is 1. The number of ether oxygens (including phenoxy) is 2. The summed E-state index contributed by atoms with van der Waals surface area (Å²) >= 11 is 0. The van der Waals surface area contributed by atoms with Crippen LogP contribution < -0.4 is 10.1 Å². The van der Waals surface area contributed by atoms with Crippen molar-refractivity contribution in [3.05, 3.63) is 28.8 Å². The first-order valence-corrected chi connectivity index (χ1v) is 7.07. The van der Waals surface area contributed by atoms with E-state index >= 15 is 0 Å². The maximum atomic E-state index is 5.47. The first-order chi connectivity index (χ1) is 9.17. The molecule has 1 atom stereocenters. The van der Waals surface area contributed by atoms with Gasteiger partial charge in [-0.05, 0) is 62.4 Å². The van der Waals surface area contributed by atoms with Gasteiger partial charge in [0.1, 0.15) is 5.75 Å². The van der Waals surface area contributed by atoms with Gasteiger partial charge in [-0.25, -0.2) is 0 Å². The van der Waals surface area contributed by atoms with Gasteiger partial charge in [0.05, 0.1) is 7.11 Å². The maximum absolute atomic E-state index is 5.47. The zero-order valence-corrected chi connectivity index (χ0v) is 12.5. The Morgan fingerprint density at radius 3 is 2.47 bits per heavy atom. The summed E-state index contributed by atoms with van der Waals surface area (Å²) in [7, 11) is 3.79. The highest BCUT2D eigenvalue weighted by Crippen LogP contribution is 2.34. The van der Waals surface area contributed by atoms with Crippen LogP contribution in [0.15, 0.2) is 12.1 Å². The fourth-order valence-electron chi connectivity index (χ4n) is 3.06. The van der Waals surface area contributed by atoms with Crippen LogP contribution in [0.2, 0.25) is 0 Å². The van der Waals surface area contributed by atoms with Crippen molar-refractivity contribution < 1.29 is 9.47 Å². The third kappa shape index (κ3) is 3.10. The summed E-state index contributed by atoms with van der Waals surface area (Å²) < 4.78 is 10.9. The van der Waals surface area contributed by atoms with E-state index in [0.717, 1.165) is 31.8 Å². The van der Waals surface area contributed by atoms with Gasteiger partial charge in [-0.15, -0.1) is 0 Å². The van der Waals surface area contributed by atoms with Crippen molar-refractivity contribution in [2.45, 2.75) is 32.7 Å². The predicted molar refractivity (Wildman–Crippen MR) is 77.8 cm³/mol. The Labute approximate surface area is 116 Å². The minimum atomic E-state index is 0.411. The third-order valence-electron chi connectivity index (χ3n) is 4.17. The van der Waals surface area contributed by atoms with Crippen LogP contribution in [0.3, 0.4) is 0 Å². The molecule has 0 aliphatic carbocycles. The number of aryl methyl sites for hydroxylation is 2. The van der Waals surface area contributed by atoms with E-state index < -0.39 is 0 Å². The molecule has 106 valence electrons. The highest BCUT2D eigenvalue weighted by atomic mass is 16.5. The van der Waals surface area contributed by atoms with Crippen LogP contribution in [-0.4, -0.2) is 27.4 Å². The monoisotopic (exact) mass is 263 g/mol. The SMILES string of the molecule is CNC(c1cc(C)c(OC)cc1C)C1CCOCC1. The number of rotatable bonds is 4. The number of hydrogen-bond acceptors (Lipinski definition) is 3. The van der Waals surface area contributed by atoms with E-state index in [2.05, 4.69) is 38.3 Å². The summed E-state index contributed by atoms with van der Waals surface area (Å²) in [6.45, 7) is 6.05. The summed E-state index contributed by atoms with van der Waals surface area (Å²) in [5.74, 6) is 1.63. The van der Waals surface area contributed by atoms with E-state index in [1.807, 2.05) is 0 Å². The topological polar surface area (TPSA) is 30.5 Å². The molecule has 0 bridgehead atoms. The molecule has 1 unspecified atom stereocenters. The standard InChI is InChI=1S/C16H25NO2/c1-11-10-15(18-4)12(2)9-14(11)16(17-3)13-5-7-19-8-6-13/h9-10,13,16-17H,5-8H2,1-4H3. The molecular formula is C16H25NO2. The Balaban J connectivity index is 2.29. The lowest BCUT2D eigenvalue weighted by Gasteiger charge is -2.31.